The van der Waals surface area contributed by atoms with Gasteiger partial charge in [-0.05, 0) is 50.3 Å². The fraction of sp³-hybridized carbons (Fsp3) is 0.647. The van der Waals surface area contributed by atoms with Gasteiger partial charge in [0, 0.05) is 16.3 Å². The van der Waals surface area contributed by atoms with Crippen LogP contribution in [0.4, 0.5) is 5.69 Å². The third-order valence-corrected chi connectivity index (χ3v) is 5.90. The Morgan fingerprint density at radius 2 is 2.05 bits per heavy atom. The number of aryl methyl sites for hydroxylation is 1. The first-order valence-corrected chi connectivity index (χ1v) is 8.82. The van der Waals surface area contributed by atoms with Crippen molar-refractivity contribution in [2.45, 2.75) is 68.5 Å². The molecule has 3 heteroatoms. The second-order valence-corrected chi connectivity index (χ2v) is 7.44. The lowest BCUT2D eigenvalue weighted by molar-refractivity contribution is -0.0555. The first-order chi connectivity index (χ1) is 9.67. The van der Waals surface area contributed by atoms with Crippen LogP contribution in [0, 0.1) is 6.92 Å². The van der Waals surface area contributed by atoms with Gasteiger partial charge in [-0.15, -0.1) is 11.8 Å². The summed E-state index contributed by atoms with van der Waals surface area (Å²) in [6, 6.07) is 6.27. The number of ether oxygens (including phenoxy) is 1. The van der Waals surface area contributed by atoms with Crippen molar-refractivity contribution in [2.75, 3.05) is 11.5 Å². The van der Waals surface area contributed by atoms with Crippen LogP contribution in [-0.4, -0.2) is 17.5 Å². The van der Waals surface area contributed by atoms with E-state index in [-0.39, 0.29) is 5.60 Å². The molecule has 110 valence electrons. The number of benzene rings is 1. The molecule has 1 aromatic rings. The maximum Gasteiger partial charge on any atom is 0.0687 e. The molecule has 1 unspecified atom stereocenters. The first kappa shape index (κ1) is 14.3. The van der Waals surface area contributed by atoms with Crippen LogP contribution in [-0.2, 0) is 4.74 Å². The van der Waals surface area contributed by atoms with Gasteiger partial charge >= 0.3 is 0 Å². The van der Waals surface area contributed by atoms with Gasteiger partial charge in [-0.25, -0.2) is 0 Å². The van der Waals surface area contributed by atoms with E-state index in [2.05, 4.69) is 19.1 Å². The summed E-state index contributed by atoms with van der Waals surface area (Å²) in [4.78, 5) is 1.21. The molecule has 1 saturated heterocycles. The third-order valence-electron chi connectivity index (χ3n) is 4.70. The van der Waals surface area contributed by atoms with Crippen LogP contribution >= 0.6 is 11.8 Å². The fourth-order valence-electron chi connectivity index (χ4n) is 3.53. The fourth-order valence-corrected chi connectivity index (χ4v) is 4.63. The van der Waals surface area contributed by atoms with E-state index in [1.165, 1.54) is 55.4 Å². The van der Waals surface area contributed by atoms with Crippen LogP contribution in [0.15, 0.2) is 23.1 Å². The molecular weight excluding hydrogens is 266 g/mol. The highest BCUT2D eigenvalue weighted by atomic mass is 32.2. The molecule has 2 nitrogen and oxygen atoms in total. The summed E-state index contributed by atoms with van der Waals surface area (Å²) in [5.74, 6) is 1.04. The minimum atomic E-state index is 0.238. The van der Waals surface area contributed by atoms with E-state index in [4.69, 9.17) is 10.5 Å². The summed E-state index contributed by atoms with van der Waals surface area (Å²) in [5, 5.41) is 0. The Kier molecular flexibility index (Phi) is 4.27. The normalized spacial score (nSPS) is 25.1. The van der Waals surface area contributed by atoms with Crippen molar-refractivity contribution in [3.05, 3.63) is 23.8 Å². The smallest absolute Gasteiger partial charge is 0.0687 e. The highest BCUT2D eigenvalue weighted by Gasteiger charge is 2.40. The Morgan fingerprint density at radius 1 is 1.25 bits per heavy atom. The average Bonchev–Trinajstić information content (AvgIpc) is 2.84. The number of anilines is 1. The molecule has 1 aromatic carbocycles. The zero-order valence-corrected chi connectivity index (χ0v) is 13.2. The van der Waals surface area contributed by atoms with Crippen LogP contribution in [0.2, 0.25) is 0 Å². The molecule has 1 aliphatic carbocycles. The van der Waals surface area contributed by atoms with Gasteiger partial charge in [0.25, 0.3) is 0 Å². The van der Waals surface area contributed by atoms with Crippen molar-refractivity contribution < 1.29 is 4.74 Å². The average molecular weight is 291 g/mol. The van der Waals surface area contributed by atoms with Crippen LogP contribution in [0.25, 0.3) is 0 Å². The van der Waals surface area contributed by atoms with Crippen molar-refractivity contribution in [1.82, 2.24) is 0 Å². The van der Waals surface area contributed by atoms with Crippen LogP contribution in [0.1, 0.15) is 50.5 Å². The van der Waals surface area contributed by atoms with Crippen LogP contribution in [0.3, 0.4) is 0 Å². The summed E-state index contributed by atoms with van der Waals surface area (Å²) in [7, 11) is 0. The number of nitrogens with two attached hydrogens (primary N) is 1. The zero-order chi connectivity index (χ0) is 14.0. The number of thioether (sulfide) groups is 1. The maximum absolute atomic E-state index is 6.42. The molecule has 2 aliphatic rings. The molecule has 1 atom stereocenters. The quantitative estimate of drug-likeness (QED) is 0.655. The van der Waals surface area contributed by atoms with Gasteiger partial charge in [0.15, 0.2) is 0 Å². The highest BCUT2D eigenvalue weighted by Crippen LogP contribution is 2.43. The summed E-state index contributed by atoms with van der Waals surface area (Å²) in [5.41, 5.74) is 8.46. The standard InChI is InChI=1S/C17H25NOS/c1-13-5-6-15(18)16(11-13)20-12-14-7-10-17(19-14)8-3-2-4-9-17/h5-6,11,14H,2-4,7-10,12,18H2,1H3. The topological polar surface area (TPSA) is 35.2 Å². The molecule has 0 bridgehead atoms. The van der Waals surface area contributed by atoms with Gasteiger partial charge in [-0.1, -0.05) is 25.3 Å². The predicted octanol–water partition coefficient (Wildman–Crippen LogP) is 4.55. The Labute approximate surface area is 126 Å². The lowest BCUT2D eigenvalue weighted by Crippen LogP contribution is -2.32. The van der Waals surface area contributed by atoms with Crippen molar-refractivity contribution in [2.24, 2.45) is 0 Å². The Hall–Kier alpha value is -0.670. The van der Waals surface area contributed by atoms with Gasteiger partial charge in [-0.3, -0.25) is 0 Å². The third kappa shape index (κ3) is 3.15. The van der Waals surface area contributed by atoms with Gasteiger partial charge in [-0.2, -0.15) is 0 Å². The Bertz CT molecular complexity index is 468. The van der Waals surface area contributed by atoms with E-state index in [1.54, 1.807) is 0 Å². The highest BCUT2D eigenvalue weighted by molar-refractivity contribution is 7.99. The second-order valence-electron chi connectivity index (χ2n) is 6.37. The van der Waals surface area contributed by atoms with Crippen molar-refractivity contribution >= 4 is 17.4 Å². The molecule has 1 saturated carbocycles. The van der Waals surface area contributed by atoms with Gasteiger partial charge in [0.1, 0.15) is 0 Å². The van der Waals surface area contributed by atoms with Gasteiger partial charge in [0.05, 0.1) is 11.7 Å². The predicted molar refractivity (Wildman–Crippen MR) is 86.2 cm³/mol. The zero-order valence-electron chi connectivity index (χ0n) is 12.4. The minimum Gasteiger partial charge on any atom is -0.398 e. The van der Waals surface area contributed by atoms with Gasteiger partial charge in [0.2, 0.25) is 0 Å². The molecule has 1 spiro atoms. The molecule has 0 radical (unpaired) electrons. The molecule has 0 amide bonds. The SMILES string of the molecule is Cc1ccc(N)c(SCC2CCC3(CCCCC3)O2)c1. The number of nitrogen functional groups attached to an aromatic ring is 1. The first-order valence-electron chi connectivity index (χ1n) is 7.84. The second kappa shape index (κ2) is 5.98. The summed E-state index contributed by atoms with van der Waals surface area (Å²) < 4.78 is 6.42. The van der Waals surface area contributed by atoms with E-state index in [9.17, 15) is 0 Å². The summed E-state index contributed by atoms with van der Waals surface area (Å²) >= 11 is 1.86. The van der Waals surface area contributed by atoms with E-state index in [0.717, 1.165) is 11.4 Å². The molecule has 0 aromatic heterocycles. The summed E-state index contributed by atoms with van der Waals surface area (Å²) in [6.07, 6.45) is 9.56. The number of hydrogen-bond acceptors (Lipinski definition) is 3. The lowest BCUT2D eigenvalue weighted by Gasteiger charge is -2.33. The monoisotopic (exact) mass is 291 g/mol. The van der Waals surface area contributed by atoms with E-state index in [0.29, 0.717) is 6.10 Å². The molecule has 20 heavy (non-hydrogen) atoms. The van der Waals surface area contributed by atoms with Crippen LogP contribution in [0.5, 0.6) is 0 Å². The molecule has 1 aliphatic heterocycles. The molecule has 1 heterocycles. The maximum atomic E-state index is 6.42. The Morgan fingerprint density at radius 3 is 2.85 bits per heavy atom. The van der Waals surface area contributed by atoms with Crippen molar-refractivity contribution in [3.8, 4) is 0 Å². The molecule has 2 fully saturated rings. The van der Waals surface area contributed by atoms with Crippen molar-refractivity contribution in [3.63, 3.8) is 0 Å². The van der Waals surface area contributed by atoms with E-state index >= 15 is 0 Å². The van der Waals surface area contributed by atoms with Crippen LogP contribution < -0.4 is 5.73 Å². The number of rotatable bonds is 3. The Balaban J connectivity index is 1.56. The van der Waals surface area contributed by atoms with E-state index < -0.39 is 0 Å². The van der Waals surface area contributed by atoms with Crippen molar-refractivity contribution in [1.29, 1.82) is 0 Å². The number of hydrogen-bond donors (Lipinski definition) is 1. The lowest BCUT2D eigenvalue weighted by atomic mass is 9.83. The largest absolute Gasteiger partial charge is 0.398 e. The molecule has 3 rings (SSSR count). The molecule has 2 N–H and O–H groups in total. The molecular formula is C17H25NOS. The minimum absolute atomic E-state index is 0.238. The van der Waals surface area contributed by atoms with Gasteiger partial charge < -0.3 is 10.5 Å². The summed E-state index contributed by atoms with van der Waals surface area (Å²) in [6.45, 7) is 2.12. The van der Waals surface area contributed by atoms with E-state index in [1.807, 2.05) is 17.8 Å².